The molecule has 0 bridgehead atoms. The fourth-order valence-corrected chi connectivity index (χ4v) is 0.402. The van der Waals surface area contributed by atoms with Crippen molar-refractivity contribution in [3.05, 3.63) is 0 Å². The second-order valence-corrected chi connectivity index (χ2v) is 3.80. The van der Waals surface area contributed by atoms with Crippen LogP contribution in [0.5, 0.6) is 0 Å². The molecule has 0 aromatic rings. The lowest BCUT2D eigenvalue weighted by Gasteiger charge is -1.95. The molecular formula is C11H27NO. The van der Waals surface area contributed by atoms with Gasteiger partial charge in [0.2, 0.25) is 5.91 Å². The summed E-state index contributed by atoms with van der Waals surface area (Å²) in [6.07, 6.45) is 0.500. The summed E-state index contributed by atoms with van der Waals surface area (Å²) >= 11 is 0. The highest BCUT2D eigenvalue weighted by Crippen LogP contribution is 1.95. The lowest BCUT2D eigenvalue weighted by Crippen LogP contribution is -2.12. The zero-order chi connectivity index (χ0) is 11.4. The van der Waals surface area contributed by atoms with Crippen molar-refractivity contribution in [2.24, 2.45) is 17.6 Å². The maximum absolute atomic E-state index is 10.0. The number of nitrogens with two attached hydrogens (primary N) is 1. The SMILES string of the molecule is CC.CC(C)C.CC(C)CC(N)=O. The predicted octanol–water partition coefficient (Wildman–Crippen LogP) is 3.21. The van der Waals surface area contributed by atoms with Crippen molar-refractivity contribution < 1.29 is 4.79 Å². The van der Waals surface area contributed by atoms with E-state index in [2.05, 4.69) is 20.8 Å². The molecule has 0 radical (unpaired) electrons. The van der Waals surface area contributed by atoms with Crippen LogP contribution >= 0.6 is 0 Å². The highest BCUT2D eigenvalue weighted by molar-refractivity contribution is 5.73. The van der Waals surface area contributed by atoms with E-state index in [-0.39, 0.29) is 5.91 Å². The summed E-state index contributed by atoms with van der Waals surface area (Å²) < 4.78 is 0. The Kier molecular flexibility index (Phi) is 19.7. The van der Waals surface area contributed by atoms with E-state index in [1.165, 1.54) is 0 Å². The van der Waals surface area contributed by atoms with Gasteiger partial charge in [-0.15, -0.1) is 0 Å². The minimum atomic E-state index is -0.213. The van der Waals surface area contributed by atoms with Gasteiger partial charge in [-0.1, -0.05) is 48.5 Å². The van der Waals surface area contributed by atoms with E-state index >= 15 is 0 Å². The first-order valence-corrected chi connectivity index (χ1v) is 5.14. The van der Waals surface area contributed by atoms with Crippen molar-refractivity contribution in [1.29, 1.82) is 0 Å². The summed E-state index contributed by atoms with van der Waals surface area (Å²) in [5.41, 5.74) is 4.85. The standard InChI is InChI=1S/C5H11NO.C4H10.C2H6/c1-4(2)3-5(6)7;1-4(2)3;1-2/h4H,3H2,1-2H3,(H2,6,7);4H,1-3H3;1-2H3. The largest absolute Gasteiger partial charge is 0.370 e. The Morgan fingerprint density at radius 1 is 1.08 bits per heavy atom. The summed E-state index contributed by atoms with van der Waals surface area (Å²) in [7, 11) is 0. The van der Waals surface area contributed by atoms with Gasteiger partial charge in [0.05, 0.1) is 0 Å². The Hall–Kier alpha value is -0.530. The Morgan fingerprint density at radius 3 is 1.31 bits per heavy atom. The van der Waals surface area contributed by atoms with Gasteiger partial charge in [-0.3, -0.25) is 4.79 Å². The number of rotatable bonds is 2. The lowest BCUT2D eigenvalue weighted by molar-refractivity contribution is -0.118. The number of primary amides is 1. The van der Waals surface area contributed by atoms with E-state index in [9.17, 15) is 4.79 Å². The van der Waals surface area contributed by atoms with Crippen molar-refractivity contribution >= 4 is 5.91 Å². The van der Waals surface area contributed by atoms with Gasteiger partial charge in [0, 0.05) is 6.42 Å². The quantitative estimate of drug-likeness (QED) is 0.712. The normalized spacial score (nSPS) is 8.38. The zero-order valence-electron chi connectivity index (χ0n) is 10.3. The van der Waals surface area contributed by atoms with E-state index in [4.69, 9.17) is 5.73 Å². The third kappa shape index (κ3) is 85.4. The molecule has 2 nitrogen and oxygen atoms in total. The monoisotopic (exact) mass is 189 g/mol. The summed E-state index contributed by atoms with van der Waals surface area (Å²) in [4.78, 5) is 10.0. The molecular weight excluding hydrogens is 162 g/mol. The molecule has 0 aromatic carbocycles. The zero-order valence-corrected chi connectivity index (χ0v) is 10.3. The van der Waals surface area contributed by atoms with Crippen LogP contribution in [0.25, 0.3) is 0 Å². The molecule has 0 fully saturated rings. The number of carbonyl (C=O) groups is 1. The van der Waals surface area contributed by atoms with Crippen LogP contribution in [0.4, 0.5) is 0 Å². The first kappa shape index (κ1) is 18.3. The van der Waals surface area contributed by atoms with Crippen LogP contribution in [-0.4, -0.2) is 5.91 Å². The van der Waals surface area contributed by atoms with Gasteiger partial charge in [-0.05, 0) is 11.8 Å². The van der Waals surface area contributed by atoms with Crippen LogP contribution in [0, 0.1) is 11.8 Å². The minimum Gasteiger partial charge on any atom is -0.370 e. The third-order valence-electron chi connectivity index (χ3n) is 0.609. The van der Waals surface area contributed by atoms with Gasteiger partial charge >= 0.3 is 0 Å². The molecule has 0 aliphatic rings. The van der Waals surface area contributed by atoms with Crippen LogP contribution in [0.1, 0.15) is 54.9 Å². The minimum absolute atomic E-state index is 0.213. The second kappa shape index (κ2) is 14.0. The maximum Gasteiger partial charge on any atom is 0.217 e. The first-order chi connectivity index (χ1) is 5.86. The first-order valence-electron chi connectivity index (χ1n) is 5.14. The van der Waals surface area contributed by atoms with Crippen molar-refractivity contribution in [3.63, 3.8) is 0 Å². The summed E-state index contributed by atoms with van der Waals surface area (Å²) in [5.74, 6) is 1.02. The van der Waals surface area contributed by atoms with E-state index in [1.807, 2.05) is 27.7 Å². The number of hydrogen-bond acceptors (Lipinski definition) is 1. The molecule has 0 heterocycles. The molecule has 0 aromatic heterocycles. The second-order valence-electron chi connectivity index (χ2n) is 3.80. The van der Waals surface area contributed by atoms with E-state index < -0.39 is 0 Å². The van der Waals surface area contributed by atoms with E-state index in [0.717, 1.165) is 5.92 Å². The van der Waals surface area contributed by atoms with Gasteiger partial charge in [-0.2, -0.15) is 0 Å². The van der Waals surface area contributed by atoms with Crippen molar-refractivity contribution in [2.75, 3.05) is 0 Å². The number of hydrogen-bond donors (Lipinski definition) is 1. The fraction of sp³-hybridized carbons (Fsp3) is 0.909. The summed E-state index contributed by atoms with van der Waals surface area (Å²) in [6, 6.07) is 0. The Balaban J connectivity index is -0.000000142. The molecule has 0 aliphatic heterocycles. The van der Waals surface area contributed by atoms with Crippen molar-refractivity contribution in [2.45, 2.75) is 54.9 Å². The number of amides is 1. The highest BCUT2D eigenvalue weighted by Gasteiger charge is 1.96. The average Bonchev–Trinajstić information content (AvgIpc) is 1.87. The van der Waals surface area contributed by atoms with Crippen molar-refractivity contribution in [1.82, 2.24) is 0 Å². The summed E-state index contributed by atoms with van der Waals surface area (Å²) in [6.45, 7) is 14.4. The molecule has 82 valence electrons. The fourth-order valence-electron chi connectivity index (χ4n) is 0.402. The molecule has 0 saturated heterocycles. The Bertz CT molecular complexity index is 95.5. The van der Waals surface area contributed by atoms with Gasteiger partial charge in [0.1, 0.15) is 0 Å². The van der Waals surface area contributed by atoms with Gasteiger partial charge in [-0.25, -0.2) is 0 Å². The number of carbonyl (C=O) groups excluding carboxylic acids is 1. The molecule has 2 N–H and O–H groups in total. The predicted molar refractivity (Wildman–Crippen MR) is 60.5 cm³/mol. The van der Waals surface area contributed by atoms with Crippen LogP contribution in [0.15, 0.2) is 0 Å². The molecule has 13 heavy (non-hydrogen) atoms. The van der Waals surface area contributed by atoms with Gasteiger partial charge in [0.25, 0.3) is 0 Å². The summed E-state index contributed by atoms with van der Waals surface area (Å²) in [5, 5.41) is 0. The third-order valence-corrected chi connectivity index (χ3v) is 0.609. The Morgan fingerprint density at radius 2 is 1.31 bits per heavy atom. The molecule has 0 unspecified atom stereocenters. The average molecular weight is 189 g/mol. The molecule has 0 atom stereocenters. The van der Waals surface area contributed by atoms with Crippen LogP contribution in [-0.2, 0) is 4.79 Å². The molecule has 0 spiro atoms. The highest BCUT2D eigenvalue weighted by atomic mass is 16.1. The maximum atomic E-state index is 10.0. The van der Waals surface area contributed by atoms with Gasteiger partial charge < -0.3 is 5.73 Å². The molecule has 1 amide bonds. The Labute approximate surface area is 83.9 Å². The topological polar surface area (TPSA) is 43.1 Å². The van der Waals surface area contributed by atoms with E-state index in [0.29, 0.717) is 12.3 Å². The molecule has 0 rings (SSSR count). The van der Waals surface area contributed by atoms with Crippen LogP contribution in [0.3, 0.4) is 0 Å². The smallest absolute Gasteiger partial charge is 0.217 e. The van der Waals surface area contributed by atoms with Gasteiger partial charge in [0.15, 0.2) is 0 Å². The lowest BCUT2D eigenvalue weighted by atomic mass is 10.1. The molecule has 2 heteroatoms. The molecule has 0 saturated carbocycles. The van der Waals surface area contributed by atoms with Crippen molar-refractivity contribution in [3.8, 4) is 0 Å². The van der Waals surface area contributed by atoms with E-state index in [1.54, 1.807) is 0 Å². The molecule has 0 aliphatic carbocycles. The van der Waals surface area contributed by atoms with Crippen LogP contribution < -0.4 is 5.73 Å². The van der Waals surface area contributed by atoms with Crippen LogP contribution in [0.2, 0.25) is 0 Å².